The fraction of sp³-hybridized carbons (Fsp3) is 0.533. The van der Waals surface area contributed by atoms with Gasteiger partial charge in [-0.1, -0.05) is 13.3 Å². The van der Waals surface area contributed by atoms with Gasteiger partial charge in [0.05, 0.1) is 18.2 Å². The Balaban J connectivity index is 1.85. The highest BCUT2D eigenvalue weighted by Crippen LogP contribution is 2.54. The van der Waals surface area contributed by atoms with Crippen LogP contribution in [0, 0.1) is 11.8 Å². The summed E-state index contributed by atoms with van der Waals surface area (Å²) in [6.07, 6.45) is 1.88. The molecule has 0 spiro atoms. The Labute approximate surface area is 244 Å². The predicted molar refractivity (Wildman–Crippen MR) is 153 cm³/mol. The average molecular weight is 586 g/mol. The third-order valence-corrected chi connectivity index (χ3v) is 8.62. The number of phenolic OH excluding ortho intramolecular Hbond substituents is 1. The number of ether oxygens (including phenoxy) is 1. The van der Waals surface area contributed by atoms with Crippen LogP contribution in [-0.4, -0.2) is 95.2 Å². The van der Waals surface area contributed by atoms with Crippen LogP contribution in [0.25, 0.3) is 5.76 Å². The van der Waals surface area contributed by atoms with Gasteiger partial charge in [0.25, 0.3) is 5.91 Å². The van der Waals surface area contributed by atoms with Crippen LogP contribution >= 0.6 is 0 Å². The number of hydrogen-bond acceptors (Lipinski definition) is 11. The van der Waals surface area contributed by atoms with Gasteiger partial charge in [-0.25, -0.2) is 0 Å². The quantitative estimate of drug-likeness (QED) is 0.159. The number of carbonyl (C=O) groups is 4. The van der Waals surface area contributed by atoms with E-state index in [1.807, 2.05) is 6.92 Å². The first kappa shape index (κ1) is 31.0. The van der Waals surface area contributed by atoms with Crippen molar-refractivity contribution in [2.45, 2.75) is 57.1 Å². The Morgan fingerprint density at radius 3 is 2.38 bits per heavy atom. The predicted octanol–water partition coefficient (Wildman–Crippen LogP) is 1.31. The van der Waals surface area contributed by atoms with E-state index in [1.54, 1.807) is 39.2 Å². The second-order valence-corrected chi connectivity index (χ2v) is 11.7. The van der Waals surface area contributed by atoms with E-state index in [2.05, 4.69) is 0 Å². The van der Waals surface area contributed by atoms with Crippen molar-refractivity contribution in [2.24, 2.45) is 17.6 Å². The number of primary amides is 1. The molecule has 4 atom stereocenters. The second kappa shape index (κ2) is 11.4. The van der Waals surface area contributed by atoms with Gasteiger partial charge in [0, 0.05) is 37.7 Å². The molecule has 3 aliphatic rings. The monoisotopic (exact) mass is 585 g/mol. The largest absolute Gasteiger partial charge is 0.508 e. The van der Waals surface area contributed by atoms with E-state index >= 15 is 0 Å². The van der Waals surface area contributed by atoms with Gasteiger partial charge in [-0.05, 0) is 62.9 Å². The van der Waals surface area contributed by atoms with Crippen molar-refractivity contribution < 1.29 is 44.3 Å². The molecule has 12 nitrogen and oxygen atoms in total. The first-order valence-corrected chi connectivity index (χ1v) is 14.0. The van der Waals surface area contributed by atoms with E-state index in [4.69, 9.17) is 10.5 Å². The number of nitrogens with two attached hydrogens (primary N) is 1. The third-order valence-electron chi connectivity index (χ3n) is 8.62. The van der Waals surface area contributed by atoms with Gasteiger partial charge in [-0.3, -0.25) is 24.1 Å². The standard InChI is InChI=1S/C30H39N3O9/c1-6-7-10-42-19(34)9-8-14-13-18(32(2)3)16-11-15-12-17-23(33(4)5)26(37)22(29(31)40)28(39)30(17,41)27(38)20(15)25(36)21(16)24(14)35/h13,15,17,23,35-36,39,41H,6-12H2,1-5H3,(H2,31,40)/t15-,17-,23-,30-/m0/s1. The van der Waals surface area contributed by atoms with Crippen LogP contribution in [0.3, 0.4) is 0 Å². The minimum absolute atomic E-state index is 0.00471. The van der Waals surface area contributed by atoms with Crippen LogP contribution in [0.2, 0.25) is 0 Å². The van der Waals surface area contributed by atoms with Crippen molar-refractivity contribution in [2.75, 3.05) is 39.7 Å². The Bertz CT molecular complexity index is 1410. The van der Waals surface area contributed by atoms with E-state index < -0.39 is 64.0 Å². The molecule has 0 unspecified atom stereocenters. The van der Waals surface area contributed by atoms with Crippen LogP contribution in [0.4, 0.5) is 5.69 Å². The summed E-state index contributed by atoms with van der Waals surface area (Å²) in [7, 11) is 6.67. The molecule has 12 heteroatoms. The minimum Gasteiger partial charge on any atom is -0.508 e. The fourth-order valence-corrected chi connectivity index (χ4v) is 6.57. The van der Waals surface area contributed by atoms with E-state index in [1.165, 1.54) is 4.90 Å². The van der Waals surface area contributed by atoms with Gasteiger partial charge >= 0.3 is 5.97 Å². The Morgan fingerprint density at radius 2 is 1.81 bits per heavy atom. The summed E-state index contributed by atoms with van der Waals surface area (Å²) in [4.78, 5) is 54.9. The molecule has 0 bridgehead atoms. The van der Waals surface area contributed by atoms with Gasteiger partial charge < -0.3 is 35.8 Å². The number of aliphatic hydroxyl groups excluding tert-OH is 2. The molecule has 1 aromatic rings. The maximum absolute atomic E-state index is 14.0. The molecular weight excluding hydrogens is 546 g/mol. The molecule has 42 heavy (non-hydrogen) atoms. The average Bonchev–Trinajstić information content (AvgIpc) is 2.89. The molecule has 0 radical (unpaired) electrons. The number of phenols is 1. The summed E-state index contributed by atoms with van der Waals surface area (Å²) in [5.74, 6) is -7.43. The smallest absolute Gasteiger partial charge is 0.306 e. The SMILES string of the molecule is CCCCOC(=O)CCc1cc(N(C)C)c2c(c1O)C(O)=C1C(=O)[C@]3(O)C(O)=C(C(N)=O)C(=O)[C@@H](N(C)C)[C@@H]3C[C@@H]1C2. The number of benzene rings is 1. The normalized spacial score (nSPS) is 25.3. The van der Waals surface area contributed by atoms with Crippen LogP contribution in [0.15, 0.2) is 23.0 Å². The Morgan fingerprint density at radius 1 is 1.14 bits per heavy atom. The molecule has 1 amide bonds. The van der Waals surface area contributed by atoms with Gasteiger partial charge in [-0.2, -0.15) is 0 Å². The number of carbonyl (C=O) groups excluding carboxylic acids is 4. The number of hydrogen-bond donors (Lipinski definition) is 5. The summed E-state index contributed by atoms with van der Waals surface area (Å²) < 4.78 is 5.22. The second-order valence-electron chi connectivity index (χ2n) is 11.7. The molecular formula is C30H39N3O9. The minimum atomic E-state index is -2.70. The zero-order valence-electron chi connectivity index (χ0n) is 24.6. The molecule has 1 aromatic carbocycles. The summed E-state index contributed by atoms with van der Waals surface area (Å²) in [5, 5.41) is 45.6. The molecule has 6 N–H and O–H groups in total. The van der Waals surface area contributed by atoms with E-state index in [9.17, 15) is 39.6 Å². The van der Waals surface area contributed by atoms with Gasteiger partial charge in [0.2, 0.25) is 5.78 Å². The number of aliphatic hydroxyl groups is 3. The van der Waals surface area contributed by atoms with Crippen molar-refractivity contribution >= 4 is 34.9 Å². The third kappa shape index (κ3) is 4.82. The van der Waals surface area contributed by atoms with Crippen molar-refractivity contribution in [1.82, 2.24) is 4.90 Å². The summed E-state index contributed by atoms with van der Waals surface area (Å²) >= 11 is 0. The van der Waals surface area contributed by atoms with Crippen LogP contribution in [0.5, 0.6) is 5.75 Å². The van der Waals surface area contributed by atoms with E-state index in [-0.39, 0.29) is 42.6 Å². The first-order valence-electron chi connectivity index (χ1n) is 14.0. The lowest BCUT2D eigenvalue weighted by Crippen LogP contribution is -2.65. The molecule has 0 saturated heterocycles. The number of unbranched alkanes of at least 4 members (excludes halogenated alkanes) is 1. The van der Waals surface area contributed by atoms with Crippen molar-refractivity contribution in [3.63, 3.8) is 0 Å². The lowest BCUT2D eigenvalue weighted by Gasteiger charge is -2.50. The number of aromatic hydroxyl groups is 1. The Hall–Kier alpha value is -3.90. The molecule has 1 fully saturated rings. The van der Waals surface area contributed by atoms with Crippen LogP contribution in [0.1, 0.15) is 49.3 Å². The highest BCUT2D eigenvalue weighted by molar-refractivity contribution is 6.24. The van der Waals surface area contributed by atoms with Crippen LogP contribution < -0.4 is 10.6 Å². The fourth-order valence-electron chi connectivity index (χ4n) is 6.57. The lowest BCUT2D eigenvalue weighted by molar-refractivity contribution is -0.153. The van der Waals surface area contributed by atoms with Gasteiger partial charge in [-0.15, -0.1) is 0 Å². The number of ketones is 2. The molecule has 3 aliphatic carbocycles. The summed E-state index contributed by atoms with van der Waals surface area (Å²) in [6.45, 7) is 2.28. The number of nitrogens with zero attached hydrogens (tertiary/aromatic N) is 2. The van der Waals surface area contributed by atoms with Gasteiger partial charge in [0.1, 0.15) is 22.8 Å². The first-order chi connectivity index (χ1) is 19.7. The van der Waals surface area contributed by atoms with E-state index in [0.29, 0.717) is 23.4 Å². The van der Waals surface area contributed by atoms with Crippen molar-refractivity contribution in [1.29, 1.82) is 0 Å². The van der Waals surface area contributed by atoms with Crippen molar-refractivity contribution in [3.05, 3.63) is 39.7 Å². The number of fused-ring (bicyclic) bond motifs is 3. The molecule has 0 aromatic heterocycles. The number of esters is 1. The lowest BCUT2D eigenvalue weighted by atomic mass is 9.57. The summed E-state index contributed by atoms with van der Waals surface area (Å²) in [6, 6.07) is 0.580. The molecule has 1 saturated carbocycles. The number of anilines is 1. The topological polar surface area (TPSA) is 191 Å². The molecule has 228 valence electrons. The number of aryl methyl sites for hydroxylation is 1. The highest BCUT2D eigenvalue weighted by Gasteiger charge is 2.64. The highest BCUT2D eigenvalue weighted by atomic mass is 16.5. The maximum Gasteiger partial charge on any atom is 0.306 e. The van der Waals surface area contributed by atoms with Crippen molar-refractivity contribution in [3.8, 4) is 5.75 Å². The summed E-state index contributed by atoms with van der Waals surface area (Å²) in [5.41, 5.74) is 3.14. The number of amides is 1. The number of likely N-dealkylation sites (N-methyl/N-ethyl adjacent to an activating group) is 1. The Kier molecular flexibility index (Phi) is 8.43. The zero-order valence-corrected chi connectivity index (χ0v) is 24.6. The zero-order chi connectivity index (χ0) is 31.3. The van der Waals surface area contributed by atoms with E-state index in [0.717, 1.165) is 12.8 Å². The van der Waals surface area contributed by atoms with Gasteiger partial charge in [0.15, 0.2) is 11.4 Å². The van der Waals surface area contributed by atoms with Crippen LogP contribution in [-0.2, 0) is 36.8 Å². The number of rotatable bonds is 9. The maximum atomic E-state index is 14.0. The molecule has 4 rings (SSSR count). The molecule has 0 aliphatic heterocycles. The molecule has 0 heterocycles. The number of Topliss-reactive ketones (excluding diaryl/α,β-unsaturated/α-hetero) is 2.